The monoisotopic (exact) mass is 340 g/mol. The van der Waals surface area contributed by atoms with E-state index in [-0.39, 0.29) is 34.6 Å². The van der Waals surface area contributed by atoms with Crippen LogP contribution in [0.3, 0.4) is 0 Å². The Balaban J connectivity index is 1.84. The van der Waals surface area contributed by atoms with Crippen LogP contribution in [-0.2, 0) is 14.9 Å². The summed E-state index contributed by atoms with van der Waals surface area (Å²) in [6, 6.07) is 8.56. The third-order valence-electron chi connectivity index (χ3n) is 6.45. The van der Waals surface area contributed by atoms with Gasteiger partial charge in [-0.05, 0) is 48.4 Å². The van der Waals surface area contributed by atoms with E-state index < -0.39 is 0 Å². The van der Waals surface area contributed by atoms with Crippen molar-refractivity contribution >= 4 is 5.97 Å². The van der Waals surface area contributed by atoms with Crippen molar-refractivity contribution < 1.29 is 13.9 Å². The van der Waals surface area contributed by atoms with Crippen LogP contribution in [0.2, 0.25) is 0 Å². The molecule has 2 bridgehead atoms. The Morgan fingerprint density at radius 1 is 1.24 bits per heavy atom. The molecule has 2 aliphatic rings. The van der Waals surface area contributed by atoms with Crippen LogP contribution in [0.1, 0.15) is 51.3 Å². The Labute approximate surface area is 146 Å². The first-order valence-corrected chi connectivity index (χ1v) is 8.57. The lowest BCUT2D eigenvalue weighted by Crippen LogP contribution is -2.43. The van der Waals surface area contributed by atoms with Gasteiger partial charge in [-0.2, -0.15) is 10.2 Å². The summed E-state index contributed by atoms with van der Waals surface area (Å²) < 4.78 is 19.7. The molecule has 0 aliphatic heterocycles. The lowest BCUT2D eigenvalue weighted by Gasteiger charge is -2.37. The molecule has 1 aromatic carbocycles. The quantitative estimate of drug-likeness (QED) is 0.776. The molecule has 2 aliphatic carbocycles. The van der Waals surface area contributed by atoms with E-state index in [9.17, 15) is 9.18 Å². The third kappa shape index (κ3) is 2.01. The molecule has 3 unspecified atom stereocenters. The fourth-order valence-corrected chi connectivity index (χ4v) is 4.74. The van der Waals surface area contributed by atoms with E-state index in [4.69, 9.17) is 4.74 Å². The van der Waals surface area contributed by atoms with Gasteiger partial charge in [0.1, 0.15) is 11.9 Å². The number of hydrogen-bond acceptors (Lipinski definition) is 4. The normalized spacial score (nSPS) is 28.7. The number of esters is 1. The number of aromatic nitrogens is 2. The van der Waals surface area contributed by atoms with E-state index in [0.717, 1.165) is 17.7 Å². The lowest BCUT2D eigenvalue weighted by molar-refractivity contribution is -0.150. The summed E-state index contributed by atoms with van der Waals surface area (Å²) in [5.41, 5.74) is 2.48. The van der Waals surface area contributed by atoms with E-state index in [1.165, 1.54) is 13.0 Å². The molecular formula is C20H21FN2O2. The van der Waals surface area contributed by atoms with Crippen LogP contribution in [0.5, 0.6) is 0 Å². The number of rotatable bonds is 2. The molecule has 0 saturated heterocycles. The van der Waals surface area contributed by atoms with Gasteiger partial charge < -0.3 is 4.74 Å². The zero-order valence-corrected chi connectivity index (χ0v) is 14.8. The van der Waals surface area contributed by atoms with Crippen molar-refractivity contribution in [2.45, 2.75) is 51.6 Å². The van der Waals surface area contributed by atoms with Gasteiger partial charge in [0.2, 0.25) is 0 Å². The predicted molar refractivity (Wildman–Crippen MR) is 91.5 cm³/mol. The molecule has 25 heavy (non-hydrogen) atoms. The molecular weight excluding hydrogens is 319 g/mol. The predicted octanol–water partition coefficient (Wildman–Crippen LogP) is 4.00. The first-order chi connectivity index (χ1) is 11.8. The second-order valence-corrected chi connectivity index (χ2v) is 7.82. The van der Waals surface area contributed by atoms with Gasteiger partial charge in [-0.25, -0.2) is 4.39 Å². The SMILES string of the molecule is CC(=O)OC1CC2c3cc(-c4ccccc4F)nnc3C1(C)C2(C)C. The van der Waals surface area contributed by atoms with Gasteiger partial charge >= 0.3 is 5.97 Å². The molecule has 4 rings (SSSR count). The van der Waals surface area contributed by atoms with Crippen molar-refractivity contribution in [3.8, 4) is 11.3 Å². The van der Waals surface area contributed by atoms with Crippen LogP contribution in [-0.4, -0.2) is 22.3 Å². The zero-order chi connectivity index (χ0) is 18.0. The van der Waals surface area contributed by atoms with Gasteiger partial charge in [-0.1, -0.05) is 26.0 Å². The van der Waals surface area contributed by atoms with Crippen molar-refractivity contribution in [1.29, 1.82) is 0 Å². The van der Waals surface area contributed by atoms with Crippen molar-refractivity contribution in [3.05, 3.63) is 47.4 Å². The number of halogens is 1. The number of carbonyl (C=O) groups excluding carboxylic acids is 1. The summed E-state index contributed by atoms with van der Waals surface area (Å²) in [5, 5.41) is 8.77. The first-order valence-electron chi connectivity index (χ1n) is 8.57. The highest BCUT2D eigenvalue weighted by molar-refractivity contribution is 5.67. The minimum atomic E-state index is -0.389. The Bertz CT molecular complexity index is 880. The Kier molecular flexibility index (Phi) is 3.30. The Morgan fingerprint density at radius 2 is 1.96 bits per heavy atom. The molecule has 0 radical (unpaired) electrons. The van der Waals surface area contributed by atoms with Crippen molar-refractivity contribution in [2.75, 3.05) is 0 Å². The number of benzene rings is 1. The van der Waals surface area contributed by atoms with Gasteiger partial charge in [0.15, 0.2) is 0 Å². The Morgan fingerprint density at radius 3 is 2.64 bits per heavy atom. The molecule has 0 amide bonds. The van der Waals surface area contributed by atoms with Crippen LogP contribution in [0.15, 0.2) is 30.3 Å². The van der Waals surface area contributed by atoms with Crippen molar-refractivity contribution in [3.63, 3.8) is 0 Å². The van der Waals surface area contributed by atoms with Gasteiger partial charge in [-0.15, -0.1) is 0 Å². The van der Waals surface area contributed by atoms with E-state index in [1.54, 1.807) is 18.2 Å². The van der Waals surface area contributed by atoms with Crippen molar-refractivity contribution in [2.24, 2.45) is 5.41 Å². The maximum absolute atomic E-state index is 14.1. The second kappa shape index (κ2) is 5.10. The summed E-state index contributed by atoms with van der Waals surface area (Å²) in [6.07, 6.45) is 0.560. The molecule has 1 aromatic heterocycles. The minimum Gasteiger partial charge on any atom is -0.462 e. The van der Waals surface area contributed by atoms with E-state index in [1.807, 2.05) is 6.07 Å². The molecule has 2 aromatic rings. The van der Waals surface area contributed by atoms with Crippen LogP contribution >= 0.6 is 0 Å². The number of ether oxygens (including phenoxy) is 1. The Hall–Kier alpha value is -2.30. The van der Waals surface area contributed by atoms with E-state index >= 15 is 0 Å². The standard InChI is InChI=1S/C20H21FN2O2/c1-11(24)25-17-10-14-13-9-16(12-7-5-6-8-15(12)21)22-23-18(13)20(17,4)19(14,2)3/h5-9,14,17H,10H2,1-4H3. The van der Waals surface area contributed by atoms with E-state index in [0.29, 0.717) is 11.3 Å². The summed E-state index contributed by atoms with van der Waals surface area (Å²) in [4.78, 5) is 11.5. The highest BCUT2D eigenvalue weighted by Gasteiger charge is 2.67. The van der Waals surface area contributed by atoms with Crippen LogP contribution in [0.4, 0.5) is 4.39 Å². The molecule has 5 heteroatoms. The molecule has 130 valence electrons. The lowest BCUT2D eigenvalue weighted by atomic mass is 9.69. The maximum Gasteiger partial charge on any atom is 0.302 e. The average molecular weight is 340 g/mol. The average Bonchev–Trinajstić information content (AvgIpc) is 2.85. The highest BCUT2D eigenvalue weighted by Crippen LogP contribution is 2.67. The topological polar surface area (TPSA) is 52.1 Å². The van der Waals surface area contributed by atoms with Gasteiger partial charge in [0.25, 0.3) is 0 Å². The van der Waals surface area contributed by atoms with Crippen LogP contribution in [0.25, 0.3) is 11.3 Å². The molecule has 4 nitrogen and oxygen atoms in total. The largest absolute Gasteiger partial charge is 0.462 e. The van der Waals surface area contributed by atoms with Gasteiger partial charge in [-0.3, -0.25) is 4.79 Å². The summed E-state index contributed by atoms with van der Waals surface area (Å²) in [6.45, 7) is 7.91. The third-order valence-corrected chi connectivity index (χ3v) is 6.45. The molecule has 1 heterocycles. The smallest absolute Gasteiger partial charge is 0.302 e. The molecule has 1 fully saturated rings. The zero-order valence-electron chi connectivity index (χ0n) is 14.8. The van der Waals surface area contributed by atoms with Crippen LogP contribution < -0.4 is 0 Å². The number of carbonyl (C=O) groups is 1. The summed E-state index contributed by atoms with van der Waals surface area (Å²) >= 11 is 0. The summed E-state index contributed by atoms with van der Waals surface area (Å²) in [5.74, 6) is -0.367. The molecule has 0 N–H and O–H groups in total. The van der Waals surface area contributed by atoms with Gasteiger partial charge in [0, 0.05) is 12.5 Å². The van der Waals surface area contributed by atoms with Gasteiger partial charge in [0.05, 0.1) is 16.8 Å². The van der Waals surface area contributed by atoms with Crippen molar-refractivity contribution in [1.82, 2.24) is 10.2 Å². The number of fused-ring (bicyclic) bond motifs is 5. The fraction of sp³-hybridized carbons (Fsp3) is 0.450. The molecule has 3 atom stereocenters. The van der Waals surface area contributed by atoms with E-state index in [2.05, 4.69) is 31.0 Å². The fourth-order valence-electron chi connectivity index (χ4n) is 4.74. The maximum atomic E-state index is 14.1. The second-order valence-electron chi connectivity index (χ2n) is 7.82. The summed E-state index contributed by atoms with van der Waals surface area (Å²) in [7, 11) is 0. The number of hydrogen-bond donors (Lipinski definition) is 0. The number of nitrogens with zero attached hydrogens (tertiary/aromatic N) is 2. The molecule has 1 saturated carbocycles. The molecule has 0 spiro atoms. The van der Waals surface area contributed by atoms with Crippen LogP contribution in [0, 0.1) is 11.2 Å². The minimum absolute atomic E-state index is 0.113. The highest BCUT2D eigenvalue weighted by atomic mass is 19.1. The first kappa shape index (κ1) is 16.2.